The van der Waals surface area contributed by atoms with Gasteiger partial charge in [-0.3, -0.25) is 4.79 Å². The molecule has 2 N–H and O–H groups in total. The van der Waals surface area contributed by atoms with Crippen molar-refractivity contribution < 1.29 is 23.1 Å². The van der Waals surface area contributed by atoms with E-state index >= 15 is 0 Å². The lowest BCUT2D eigenvalue weighted by Gasteiger charge is -2.22. The topological polar surface area (TPSA) is 109 Å². The summed E-state index contributed by atoms with van der Waals surface area (Å²) in [6.45, 7) is 0.229. The number of aliphatic hydroxyl groups excluding tert-OH is 1. The third-order valence-electron chi connectivity index (χ3n) is 7.09. The van der Waals surface area contributed by atoms with E-state index in [1.807, 2.05) is 30.3 Å². The second-order valence-electron chi connectivity index (χ2n) is 9.26. The minimum Gasteiger partial charge on any atom is -0.496 e. The molecule has 8 nitrogen and oxygen atoms in total. The molecule has 1 aromatic heterocycles. The summed E-state index contributed by atoms with van der Waals surface area (Å²) in [6, 6.07) is 19.1. The highest BCUT2D eigenvalue weighted by Crippen LogP contribution is 2.52. The summed E-state index contributed by atoms with van der Waals surface area (Å²) >= 11 is 0. The molecule has 1 saturated heterocycles. The summed E-state index contributed by atoms with van der Waals surface area (Å²) in [5, 5.41) is 12.5. The highest BCUT2D eigenvalue weighted by atomic mass is 32.2. The number of hydrogen-bond donors (Lipinski definition) is 2. The van der Waals surface area contributed by atoms with Crippen LogP contribution in [-0.4, -0.2) is 55.0 Å². The Morgan fingerprint density at radius 3 is 2.56 bits per heavy atom. The fraction of sp³-hybridized carbons (Fsp3) is 0.333. The maximum atomic E-state index is 13.2. The van der Waals surface area contributed by atoms with E-state index in [1.165, 1.54) is 4.31 Å². The first-order valence-corrected chi connectivity index (χ1v) is 13.5. The first-order valence-electron chi connectivity index (χ1n) is 12.0. The van der Waals surface area contributed by atoms with E-state index in [1.54, 1.807) is 43.5 Å². The lowest BCUT2D eigenvalue weighted by molar-refractivity contribution is -0.118. The van der Waals surface area contributed by atoms with Gasteiger partial charge in [-0.1, -0.05) is 36.4 Å². The zero-order chi connectivity index (χ0) is 25.3. The Morgan fingerprint density at radius 1 is 1.11 bits per heavy atom. The van der Waals surface area contributed by atoms with Gasteiger partial charge in [0.1, 0.15) is 11.6 Å². The van der Waals surface area contributed by atoms with Crippen LogP contribution in [0, 0.1) is 0 Å². The molecule has 1 amide bonds. The smallest absolute Gasteiger partial charge is 0.243 e. The van der Waals surface area contributed by atoms with Crippen molar-refractivity contribution in [3.05, 3.63) is 72.3 Å². The third kappa shape index (κ3) is 4.38. The summed E-state index contributed by atoms with van der Waals surface area (Å²) in [7, 11) is -2.08. The predicted octanol–water partition coefficient (Wildman–Crippen LogP) is 3.57. The number of methoxy groups -OCH3 is 1. The van der Waals surface area contributed by atoms with Crippen molar-refractivity contribution in [1.29, 1.82) is 0 Å². The summed E-state index contributed by atoms with van der Waals surface area (Å²) in [4.78, 5) is 18.0. The van der Waals surface area contributed by atoms with Gasteiger partial charge in [0.2, 0.25) is 15.9 Å². The van der Waals surface area contributed by atoms with Gasteiger partial charge in [-0.05, 0) is 56.0 Å². The lowest BCUT2D eigenvalue weighted by atomic mass is 9.94. The van der Waals surface area contributed by atoms with Crippen molar-refractivity contribution in [3.8, 4) is 17.0 Å². The number of nitrogens with one attached hydrogen (secondary N) is 1. The van der Waals surface area contributed by atoms with Gasteiger partial charge in [-0.25, -0.2) is 13.4 Å². The van der Waals surface area contributed by atoms with Crippen LogP contribution in [-0.2, 0) is 20.2 Å². The number of nitrogens with zero attached hydrogens (tertiary/aromatic N) is 2. The molecule has 5 rings (SSSR count). The monoisotopic (exact) mass is 507 g/mol. The lowest BCUT2D eigenvalue weighted by Crippen LogP contribution is -2.37. The summed E-state index contributed by atoms with van der Waals surface area (Å²) in [5.74, 6) is 1.00. The van der Waals surface area contributed by atoms with Gasteiger partial charge in [0.05, 0.1) is 29.7 Å². The van der Waals surface area contributed by atoms with Gasteiger partial charge in [-0.15, -0.1) is 0 Å². The molecule has 188 valence electrons. The van der Waals surface area contributed by atoms with Crippen LogP contribution >= 0.6 is 0 Å². The van der Waals surface area contributed by atoms with Crippen molar-refractivity contribution in [3.63, 3.8) is 0 Å². The molecule has 1 aliphatic heterocycles. The Labute approximate surface area is 211 Å². The molecule has 0 radical (unpaired) electrons. The maximum Gasteiger partial charge on any atom is 0.243 e. The Balaban J connectivity index is 1.34. The molecular formula is C27H29N3O5S. The zero-order valence-electron chi connectivity index (χ0n) is 20.1. The fourth-order valence-corrected chi connectivity index (χ4v) is 6.61. The van der Waals surface area contributed by atoms with Crippen molar-refractivity contribution in [2.24, 2.45) is 0 Å². The SMILES string of the molecule is COc1ccccc1C1(C(=O)Nc2cccc(-c3ccc(S(=O)(=O)N4CCC[C@@H]4CO)cc3)n2)CC1. The average molecular weight is 508 g/mol. The molecule has 9 heteroatoms. The minimum atomic E-state index is -3.68. The second-order valence-corrected chi connectivity index (χ2v) is 11.2. The number of amides is 1. The summed E-state index contributed by atoms with van der Waals surface area (Å²) in [5.41, 5.74) is 1.60. The van der Waals surface area contributed by atoms with E-state index in [9.17, 15) is 18.3 Å². The normalized spacial score (nSPS) is 19.1. The van der Waals surface area contributed by atoms with Gasteiger partial charge in [0.15, 0.2) is 0 Å². The molecule has 2 fully saturated rings. The first kappa shape index (κ1) is 24.4. The standard InChI is InChI=1S/C27H29N3O5S/c1-35-24-9-3-2-7-22(24)27(15-16-27)26(32)29-25-10-4-8-23(28-25)19-11-13-21(14-12-19)36(33,34)30-17-5-6-20(30)18-31/h2-4,7-14,20,31H,5-6,15-18H2,1H3,(H,28,29,32)/t20-/m1/s1. The van der Waals surface area contributed by atoms with Gasteiger partial charge in [0.25, 0.3) is 0 Å². The number of aromatic nitrogens is 1. The van der Waals surface area contributed by atoms with Crippen molar-refractivity contribution in [2.75, 3.05) is 25.6 Å². The van der Waals surface area contributed by atoms with E-state index in [0.29, 0.717) is 30.2 Å². The zero-order valence-corrected chi connectivity index (χ0v) is 20.9. The predicted molar refractivity (Wildman–Crippen MR) is 136 cm³/mol. The molecule has 2 aromatic carbocycles. The molecule has 36 heavy (non-hydrogen) atoms. The van der Waals surface area contributed by atoms with Crippen LogP contribution in [0.2, 0.25) is 0 Å². The third-order valence-corrected chi connectivity index (χ3v) is 9.05. The fourth-order valence-electron chi connectivity index (χ4n) is 4.93. The first-order chi connectivity index (χ1) is 17.4. The number of carbonyl (C=O) groups excluding carboxylic acids is 1. The Bertz CT molecular complexity index is 1370. The van der Waals surface area contributed by atoms with Crippen molar-refractivity contribution in [1.82, 2.24) is 9.29 Å². The molecule has 1 saturated carbocycles. The molecule has 3 aromatic rings. The highest BCUT2D eigenvalue weighted by Gasteiger charge is 2.53. The van der Waals surface area contributed by atoms with Gasteiger partial charge >= 0.3 is 0 Å². The van der Waals surface area contributed by atoms with Crippen molar-refractivity contribution >= 4 is 21.7 Å². The van der Waals surface area contributed by atoms with Gasteiger partial charge < -0.3 is 15.2 Å². The number of ether oxygens (including phenoxy) is 1. The van der Waals surface area contributed by atoms with Crippen LogP contribution in [0.25, 0.3) is 11.3 Å². The van der Waals surface area contributed by atoms with Crippen LogP contribution in [0.3, 0.4) is 0 Å². The molecule has 0 bridgehead atoms. The number of para-hydroxylation sites is 1. The van der Waals surface area contributed by atoms with Crippen LogP contribution in [0.4, 0.5) is 5.82 Å². The molecule has 2 aliphatic rings. The molecule has 0 unspecified atom stereocenters. The van der Waals surface area contributed by atoms with Crippen LogP contribution in [0.1, 0.15) is 31.2 Å². The Hall–Kier alpha value is -3.27. The summed E-state index contributed by atoms with van der Waals surface area (Å²) in [6.07, 6.45) is 2.88. The number of pyridine rings is 1. The molecule has 0 spiro atoms. The Morgan fingerprint density at radius 2 is 1.86 bits per heavy atom. The maximum absolute atomic E-state index is 13.2. The van der Waals surface area contributed by atoms with E-state index in [2.05, 4.69) is 10.3 Å². The van der Waals surface area contributed by atoms with E-state index < -0.39 is 15.4 Å². The number of aliphatic hydroxyl groups is 1. The van der Waals surface area contributed by atoms with Gasteiger partial charge in [0, 0.05) is 23.7 Å². The quantitative estimate of drug-likeness (QED) is 0.483. The number of benzene rings is 2. The second kappa shape index (κ2) is 9.65. The van der Waals surface area contributed by atoms with E-state index in [0.717, 1.165) is 30.4 Å². The number of sulfonamides is 1. The Kier molecular flexibility index (Phi) is 6.55. The summed E-state index contributed by atoms with van der Waals surface area (Å²) < 4.78 is 32.9. The van der Waals surface area contributed by atoms with E-state index in [4.69, 9.17) is 4.74 Å². The van der Waals surface area contributed by atoms with Gasteiger partial charge in [-0.2, -0.15) is 4.31 Å². The molecular weight excluding hydrogens is 478 g/mol. The largest absolute Gasteiger partial charge is 0.496 e. The highest BCUT2D eigenvalue weighted by molar-refractivity contribution is 7.89. The molecule has 1 aliphatic carbocycles. The number of rotatable bonds is 8. The molecule has 1 atom stereocenters. The van der Waals surface area contributed by atoms with Crippen molar-refractivity contribution in [2.45, 2.75) is 42.0 Å². The minimum absolute atomic E-state index is 0.123. The average Bonchev–Trinajstić information content (AvgIpc) is 3.57. The number of hydrogen-bond acceptors (Lipinski definition) is 6. The van der Waals surface area contributed by atoms with Crippen LogP contribution in [0.5, 0.6) is 5.75 Å². The van der Waals surface area contributed by atoms with Crippen LogP contribution < -0.4 is 10.1 Å². The van der Waals surface area contributed by atoms with E-state index in [-0.39, 0.29) is 23.5 Å². The number of anilines is 1. The molecule has 2 heterocycles. The number of carbonyl (C=O) groups is 1. The van der Waals surface area contributed by atoms with Crippen LogP contribution in [0.15, 0.2) is 71.6 Å².